The Hall–Kier alpha value is -4.21. The smallest absolute Gasteiger partial charge is 0.238 e. The molecule has 3 nitrogen and oxygen atoms in total. The minimum absolute atomic E-state index is 0.0465. The Morgan fingerprint density at radius 2 is 0.921 bits per heavy atom. The SMILES string of the molecule is O=C1C2C3C=CC(C3=C(c3ccc(F)cc3)c3ccc(F)cc3)C2C(=O)N1c1c(F)c(F)c(F)c(F)c1F. The van der Waals surface area contributed by atoms with Crippen molar-refractivity contribution in [3.8, 4) is 0 Å². The van der Waals surface area contributed by atoms with E-state index in [2.05, 4.69) is 0 Å². The lowest BCUT2D eigenvalue weighted by atomic mass is 9.85. The number of fused-ring (bicyclic) bond motifs is 5. The molecule has 3 aliphatic rings. The Morgan fingerprint density at radius 1 is 0.553 bits per heavy atom. The van der Waals surface area contributed by atoms with E-state index in [-0.39, 0.29) is 4.90 Å². The maximum absolute atomic E-state index is 14.5. The van der Waals surface area contributed by atoms with Crippen molar-refractivity contribution in [1.29, 1.82) is 0 Å². The molecule has 10 heteroatoms. The molecule has 1 heterocycles. The average molecular weight is 529 g/mol. The van der Waals surface area contributed by atoms with Gasteiger partial charge in [0.05, 0.1) is 11.8 Å². The summed E-state index contributed by atoms with van der Waals surface area (Å²) in [5.74, 6) is -18.6. The first-order valence-corrected chi connectivity index (χ1v) is 11.4. The Kier molecular flexibility index (Phi) is 5.34. The van der Waals surface area contributed by atoms with E-state index in [1.807, 2.05) is 0 Å². The van der Waals surface area contributed by atoms with Crippen molar-refractivity contribution in [2.45, 2.75) is 0 Å². The van der Waals surface area contributed by atoms with Gasteiger partial charge < -0.3 is 0 Å². The third-order valence-electron chi connectivity index (χ3n) is 7.38. The zero-order valence-electron chi connectivity index (χ0n) is 19.0. The lowest BCUT2D eigenvalue weighted by molar-refractivity contribution is -0.123. The summed E-state index contributed by atoms with van der Waals surface area (Å²) in [6, 6.07) is 10.8. The van der Waals surface area contributed by atoms with Crippen LogP contribution in [0.3, 0.4) is 0 Å². The second-order valence-corrected chi connectivity index (χ2v) is 9.26. The average Bonchev–Trinajstić information content (AvgIpc) is 3.54. The number of nitrogens with zero attached hydrogens (tertiary/aromatic N) is 1. The second kappa shape index (κ2) is 8.41. The third kappa shape index (κ3) is 3.22. The van der Waals surface area contributed by atoms with Gasteiger partial charge in [-0.25, -0.2) is 35.6 Å². The highest BCUT2D eigenvalue weighted by molar-refractivity contribution is 6.23. The maximum Gasteiger partial charge on any atom is 0.238 e. The van der Waals surface area contributed by atoms with Gasteiger partial charge in [-0.1, -0.05) is 36.4 Å². The molecule has 2 amide bonds. The van der Waals surface area contributed by atoms with Crippen molar-refractivity contribution in [2.75, 3.05) is 4.90 Å². The molecule has 3 aromatic rings. The van der Waals surface area contributed by atoms with Crippen LogP contribution in [-0.4, -0.2) is 11.8 Å². The normalized spacial score (nSPS) is 23.6. The summed E-state index contributed by atoms with van der Waals surface area (Å²) >= 11 is 0. The molecule has 3 aromatic carbocycles. The molecule has 1 saturated heterocycles. The standard InChI is InChI=1S/C28H14F7NO2/c29-13-5-1-11(2-6-13)17(12-3-7-14(30)8-4-12)18-15-9-10-16(18)20-19(15)27(37)36(28(20)38)26-24(34)22(32)21(31)23(33)25(26)35/h1-10,15-16,19-20H. The van der Waals surface area contributed by atoms with Gasteiger partial charge in [-0.3, -0.25) is 9.59 Å². The first-order chi connectivity index (χ1) is 18.1. The zero-order valence-corrected chi connectivity index (χ0v) is 19.0. The molecular weight excluding hydrogens is 515 g/mol. The highest BCUT2D eigenvalue weighted by Gasteiger charge is 2.63. The Bertz CT molecular complexity index is 1480. The van der Waals surface area contributed by atoms with E-state index in [9.17, 15) is 40.3 Å². The van der Waals surface area contributed by atoms with Gasteiger partial charge in [-0.2, -0.15) is 0 Å². The van der Waals surface area contributed by atoms with Crippen LogP contribution >= 0.6 is 0 Å². The summed E-state index contributed by atoms with van der Waals surface area (Å²) < 4.78 is 97.8. The van der Waals surface area contributed by atoms with Crippen LogP contribution < -0.4 is 4.90 Å². The van der Waals surface area contributed by atoms with Gasteiger partial charge in [0.1, 0.15) is 17.3 Å². The van der Waals surface area contributed by atoms with E-state index < -0.39 is 81.9 Å². The number of rotatable bonds is 3. The Labute approximate surface area is 210 Å². The summed E-state index contributed by atoms with van der Waals surface area (Å²) in [6.45, 7) is 0. The molecule has 1 aliphatic heterocycles. The fourth-order valence-corrected chi connectivity index (χ4v) is 5.84. The number of allylic oxidation sites excluding steroid dienone is 3. The number of halogens is 7. The number of amides is 2. The number of benzene rings is 3. The van der Waals surface area contributed by atoms with Crippen LogP contribution in [0, 0.1) is 64.4 Å². The van der Waals surface area contributed by atoms with E-state index in [4.69, 9.17) is 0 Å². The first-order valence-electron chi connectivity index (χ1n) is 11.4. The number of imide groups is 1. The van der Waals surface area contributed by atoms with Gasteiger partial charge in [0.2, 0.25) is 17.6 Å². The number of anilines is 1. The maximum atomic E-state index is 14.5. The lowest BCUT2D eigenvalue weighted by Crippen LogP contribution is -2.35. The summed E-state index contributed by atoms with van der Waals surface area (Å²) in [5.41, 5.74) is 0.527. The highest BCUT2D eigenvalue weighted by Crippen LogP contribution is 2.59. The molecule has 2 fully saturated rings. The predicted molar refractivity (Wildman–Crippen MR) is 121 cm³/mol. The van der Waals surface area contributed by atoms with Gasteiger partial charge >= 0.3 is 0 Å². The highest BCUT2D eigenvalue weighted by atomic mass is 19.2. The monoisotopic (exact) mass is 529 g/mol. The molecule has 38 heavy (non-hydrogen) atoms. The Morgan fingerprint density at radius 3 is 1.32 bits per heavy atom. The number of carbonyl (C=O) groups is 2. The minimum Gasteiger partial charge on any atom is -0.274 e. The fraction of sp³-hybridized carbons (Fsp3) is 0.143. The summed E-state index contributed by atoms with van der Waals surface area (Å²) in [4.78, 5) is 26.9. The van der Waals surface area contributed by atoms with Crippen LogP contribution in [0.2, 0.25) is 0 Å². The van der Waals surface area contributed by atoms with E-state index in [0.717, 1.165) is 0 Å². The van der Waals surface area contributed by atoms with Crippen LogP contribution in [-0.2, 0) is 9.59 Å². The molecule has 192 valence electrons. The molecular formula is C28H14F7NO2. The minimum atomic E-state index is -2.40. The van der Waals surface area contributed by atoms with Crippen LogP contribution in [0.25, 0.3) is 5.57 Å². The molecule has 4 unspecified atom stereocenters. The van der Waals surface area contributed by atoms with E-state index >= 15 is 0 Å². The number of hydrogen-bond donors (Lipinski definition) is 0. The van der Waals surface area contributed by atoms with Gasteiger partial charge in [-0.05, 0) is 46.5 Å². The molecule has 2 aliphatic carbocycles. The topological polar surface area (TPSA) is 37.4 Å². The molecule has 2 bridgehead atoms. The third-order valence-corrected chi connectivity index (χ3v) is 7.38. The van der Waals surface area contributed by atoms with Crippen LogP contribution in [0.15, 0.2) is 66.3 Å². The largest absolute Gasteiger partial charge is 0.274 e. The predicted octanol–water partition coefficient (Wildman–Crippen LogP) is 6.08. The van der Waals surface area contributed by atoms with Crippen molar-refractivity contribution in [1.82, 2.24) is 0 Å². The summed E-state index contributed by atoms with van der Waals surface area (Å²) in [6.07, 6.45) is 3.28. The fourth-order valence-electron chi connectivity index (χ4n) is 5.84. The summed E-state index contributed by atoms with van der Waals surface area (Å²) in [7, 11) is 0. The molecule has 1 saturated carbocycles. The van der Waals surface area contributed by atoms with Crippen molar-refractivity contribution in [3.05, 3.63) is 118 Å². The lowest BCUT2D eigenvalue weighted by Gasteiger charge is -2.22. The van der Waals surface area contributed by atoms with Crippen molar-refractivity contribution in [2.24, 2.45) is 23.7 Å². The molecule has 0 spiro atoms. The van der Waals surface area contributed by atoms with Gasteiger partial charge in [0, 0.05) is 11.8 Å². The number of carbonyl (C=O) groups excluding carboxylic acids is 2. The van der Waals surface area contributed by atoms with E-state index in [1.54, 1.807) is 12.2 Å². The van der Waals surface area contributed by atoms with E-state index in [0.29, 0.717) is 22.3 Å². The molecule has 4 atom stereocenters. The summed E-state index contributed by atoms with van der Waals surface area (Å²) in [5, 5.41) is 0. The van der Waals surface area contributed by atoms with Crippen molar-refractivity contribution < 1.29 is 40.3 Å². The molecule has 6 rings (SSSR count). The zero-order chi connectivity index (χ0) is 27.0. The molecule has 0 radical (unpaired) electrons. The van der Waals surface area contributed by atoms with Gasteiger partial charge in [0.25, 0.3) is 0 Å². The number of hydrogen-bond acceptors (Lipinski definition) is 2. The van der Waals surface area contributed by atoms with Gasteiger partial charge in [-0.15, -0.1) is 0 Å². The van der Waals surface area contributed by atoms with Crippen molar-refractivity contribution in [3.63, 3.8) is 0 Å². The molecule has 0 N–H and O–H groups in total. The van der Waals surface area contributed by atoms with Crippen molar-refractivity contribution >= 4 is 23.1 Å². The van der Waals surface area contributed by atoms with E-state index in [1.165, 1.54) is 48.5 Å². The van der Waals surface area contributed by atoms with Crippen LogP contribution in [0.5, 0.6) is 0 Å². The Balaban J connectivity index is 1.50. The quantitative estimate of drug-likeness (QED) is 0.136. The van der Waals surface area contributed by atoms with Crippen LogP contribution in [0.1, 0.15) is 11.1 Å². The van der Waals surface area contributed by atoms with Gasteiger partial charge in [0.15, 0.2) is 23.3 Å². The second-order valence-electron chi connectivity index (χ2n) is 9.26. The molecule has 0 aromatic heterocycles. The first kappa shape index (κ1) is 24.1. The van der Waals surface area contributed by atoms with Crippen LogP contribution in [0.4, 0.5) is 36.4 Å².